The molecule has 0 unspecified atom stereocenters. The number of carbonyl (C=O) groups is 2. The molecule has 1 aromatic rings. The van der Waals surface area contributed by atoms with Crippen molar-refractivity contribution in [2.24, 2.45) is 0 Å². The van der Waals surface area contributed by atoms with Crippen molar-refractivity contribution < 1.29 is 9.59 Å². The van der Waals surface area contributed by atoms with E-state index in [1.807, 2.05) is 31.2 Å². The van der Waals surface area contributed by atoms with Crippen molar-refractivity contribution in [3.63, 3.8) is 0 Å². The summed E-state index contributed by atoms with van der Waals surface area (Å²) in [7, 11) is 0. The normalized spacial score (nSPS) is 19.9. The van der Waals surface area contributed by atoms with Gasteiger partial charge < -0.3 is 10.6 Å². The summed E-state index contributed by atoms with van der Waals surface area (Å²) in [6.45, 7) is 1.96. The zero-order valence-corrected chi connectivity index (χ0v) is 12.9. The Morgan fingerprint density at radius 3 is 2.95 bits per heavy atom. The first-order valence-electron chi connectivity index (χ1n) is 6.03. The molecule has 0 bridgehead atoms. The maximum atomic E-state index is 11.9. The van der Waals surface area contributed by atoms with Gasteiger partial charge in [-0.3, -0.25) is 9.59 Å². The minimum Gasteiger partial charge on any atom is -0.352 e. The molecule has 2 atom stereocenters. The first-order valence-corrected chi connectivity index (χ1v) is 7.81. The molecule has 4 nitrogen and oxygen atoms in total. The van der Waals surface area contributed by atoms with Crippen molar-refractivity contribution in [3.8, 4) is 0 Å². The second-order valence-corrected chi connectivity index (χ2v) is 6.35. The number of benzene rings is 1. The molecule has 1 aliphatic heterocycles. The molecule has 0 aromatic heterocycles. The fourth-order valence-corrected chi connectivity index (χ4v) is 3.14. The highest BCUT2D eigenvalue weighted by Crippen LogP contribution is 2.18. The predicted molar refractivity (Wildman–Crippen MR) is 80.2 cm³/mol. The van der Waals surface area contributed by atoms with E-state index in [9.17, 15) is 9.59 Å². The highest BCUT2D eigenvalue weighted by Gasteiger charge is 2.28. The Morgan fingerprint density at radius 1 is 1.58 bits per heavy atom. The van der Waals surface area contributed by atoms with Gasteiger partial charge in [-0.15, -0.1) is 0 Å². The molecule has 0 saturated carbocycles. The highest BCUT2D eigenvalue weighted by atomic mass is 79.9. The van der Waals surface area contributed by atoms with E-state index < -0.39 is 6.04 Å². The van der Waals surface area contributed by atoms with Crippen molar-refractivity contribution in [2.75, 3.05) is 5.75 Å². The molecular formula is C13H15BrN2O2S. The summed E-state index contributed by atoms with van der Waals surface area (Å²) in [5.74, 6) is 0.393. The van der Waals surface area contributed by atoms with Crippen LogP contribution in [0.15, 0.2) is 28.7 Å². The average Bonchev–Trinajstić information content (AvgIpc) is 2.79. The first kappa shape index (κ1) is 14.4. The summed E-state index contributed by atoms with van der Waals surface area (Å²) in [5, 5.41) is 5.44. The smallest absolute Gasteiger partial charge is 0.279 e. The molecule has 0 spiro atoms. The van der Waals surface area contributed by atoms with E-state index in [4.69, 9.17) is 0 Å². The summed E-state index contributed by atoms with van der Waals surface area (Å²) < 4.78 is 1.04. The minimum atomic E-state index is -0.404. The summed E-state index contributed by atoms with van der Waals surface area (Å²) >= 11 is 4.64. The zero-order valence-electron chi connectivity index (χ0n) is 10.5. The van der Waals surface area contributed by atoms with Crippen LogP contribution in [-0.2, 0) is 11.2 Å². The van der Waals surface area contributed by atoms with Gasteiger partial charge in [0.2, 0.25) is 5.91 Å². The summed E-state index contributed by atoms with van der Waals surface area (Å²) in [6.07, 6.45) is 0.751. The zero-order chi connectivity index (χ0) is 13.8. The Balaban J connectivity index is 1.87. The van der Waals surface area contributed by atoms with Gasteiger partial charge in [0.25, 0.3) is 5.24 Å². The lowest BCUT2D eigenvalue weighted by Crippen LogP contribution is -2.46. The minimum absolute atomic E-state index is 0.0219. The van der Waals surface area contributed by atoms with Crippen LogP contribution >= 0.6 is 27.7 Å². The number of halogens is 1. The van der Waals surface area contributed by atoms with Gasteiger partial charge in [0.05, 0.1) is 0 Å². The molecule has 102 valence electrons. The molecule has 1 fully saturated rings. The molecule has 2 N–H and O–H groups in total. The molecule has 19 heavy (non-hydrogen) atoms. The number of thioether (sulfide) groups is 1. The van der Waals surface area contributed by atoms with Crippen LogP contribution in [0, 0.1) is 0 Å². The molecular weight excluding hydrogens is 328 g/mol. The van der Waals surface area contributed by atoms with Gasteiger partial charge in [-0.1, -0.05) is 45.9 Å². The Morgan fingerprint density at radius 2 is 2.32 bits per heavy atom. The predicted octanol–water partition coefficient (Wildman–Crippen LogP) is 2.32. The fourth-order valence-electron chi connectivity index (χ4n) is 1.91. The van der Waals surface area contributed by atoms with Crippen LogP contribution < -0.4 is 10.6 Å². The van der Waals surface area contributed by atoms with E-state index >= 15 is 0 Å². The number of carbonyl (C=O) groups excluding carboxylic acids is 2. The van der Waals surface area contributed by atoms with Gasteiger partial charge in [0, 0.05) is 16.3 Å². The quantitative estimate of drug-likeness (QED) is 0.882. The van der Waals surface area contributed by atoms with Crippen molar-refractivity contribution in [1.29, 1.82) is 0 Å². The highest BCUT2D eigenvalue weighted by molar-refractivity contribution is 9.10. The van der Waals surface area contributed by atoms with Gasteiger partial charge in [0.1, 0.15) is 6.04 Å². The lowest BCUT2D eigenvalue weighted by atomic mass is 10.1. The molecule has 1 saturated heterocycles. The van der Waals surface area contributed by atoms with Gasteiger partial charge in [-0.25, -0.2) is 0 Å². The van der Waals surface area contributed by atoms with Crippen LogP contribution in [0.1, 0.15) is 12.5 Å². The molecule has 6 heteroatoms. The second kappa shape index (κ2) is 6.43. The van der Waals surface area contributed by atoms with Gasteiger partial charge in [0.15, 0.2) is 0 Å². The Kier molecular flexibility index (Phi) is 4.87. The summed E-state index contributed by atoms with van der Waals surface area (Å²) in [4.78, 5) is 23.0. The third-order valence-electron chi connectivity index (χ3n) is 2.86. The number of hydrogen-bond donors (Lipinski definition) is 2. The molecule has 0 radical (unpaired) electrons. The Hall–Kier alpha value is -1.01. The third-order valence-corrected chi connectivity index (χ3v) is 4.52. The maximum absolute atomic E-state index is 11.9. The largest absolute Gasteiger partial charge is 0.352 e. The summed E-state index contributed by atoms with van der Waals surface area (Å²) in [5.41, 5.74) is 1.15. The van der Waals surface area contributed by atoms with E-state index in [1.165, 1.54) is 0 Å². The topological polar surface area (TPSA) is 58.2 Å². The summed E-state index contributed by atoms with van der Waals surface area (Å²) in [6, 6.07) is 7.57. The van der Waals surface area contributed by atoms with Crippen LogP contribution in [0.4, 0.5) is 4.79 Å². The Bertz CT molecular complexity index is 495. The van der Waals surface area contributed by atoms with Crippen LogP contribution in [0.5, 0.6) is 0 Å². The number of hydrogen-bond acceptors (Lipinski definition) is 3. The molecule has 1 aliphatic rings. The lowest BCUT2D eigenvalue weighted by Gasteiger charge is -2.17. The van der Waals surface area contributed by atoms with Gasteiger partial charge in [-0.05, 0) is 25.0 Å². The Labute approximate surface area is 124 Å². The van der Waals surface area contributed by atoms with Crippen LogP contribution in [0.2, 0.25) is 0 Å². The van der Waals surface area contributed by atoms with Crippen molar-refractivity contribution >= 4 is 38.8 Å². The molecule has 1 heterocycles. The van der Waals surface area contributed by atoms with Crippen LogP contribution in [0.25, 0.3) is 0 Å². The van der Waals surface area contributed by atoms with Crippen molar-refractivity contribution in [1.82, 2.24) is 10.6 Å². The molecule has 2 amide bonds. The standard InChI is InChI=1S/C13H15BrN2O2S/c1-8(6-9-4-2-3-5-10(9)14)15-12(17)11-7-19-13(18)16-11/h2-5,8,11H,6-7H2,1H3,(H,15,17)(H,16,18)/t8-,11-/m1/s1. The van der Waals surface area contributed by atoms with Crippen molar-refractivity contribution in [3.05, 3.63) is 34.3 Å². The fraction of sp³-hybridized carbons (Fsp3) is 0.385. The van der Waals surface area contributed by atoms with E-state index in [0.29, 0.717) is 5.75 Å². The van der Waals surface area contributed by atoms with E-state index in [2.05, 4.69) is 26.6 Å². The number of rotatable bonds is 4. The van der Waals surface area contributed by atoms with Gasteiger partial charge >= 0.3 is 0 Å². The van der Waals surface area contributed by atoms with Crippen molar-refractivity contribution in [2.45, 2.75) is 25.4 Å². The van der Waals surface area contributed by atoms with Gasteiger partial charge in [-0.2, -0.15) is 0 Å². The van der Waals surface area contributed by atoms with Crippen LogP contribution in [-0.4, -0.2) is 29.0 Å². The first-order chi connectivity index (χ1) is 9.06. The number of amides is 2. The van der Waals surface area contributed by atoms with E-state index in [1.54, 1.807) is 0 Å². The maximum Gasteiger partial charge on any atom is 0.279 e. The second-order valence-electron chi connectivity index (χ2n) is 4.50. The average molecular weight is 343 g/mol. The SMILES string of the molecule is C[C@H](Cc1ccccc1Br)NC(=O)[C@H]1CSC(=O)N1. The number of nitrogens with one attached hydrogen (secondary N) is 2. The lowest BCUT2D eigenvalue weighted by molar-refractivity contribution is -0.122. The monoisotopic (exact) mass is 342 g/mol. The molecule has 1 aromatic carbocycles. The third kappa shape index (κ3) is 3.98. The molecule has 2 rings (SSSR count). The van der Waals surface area contributed by atoms with E-state index in [-0.39, 0.29) is 17.2 Å². The van der Waals surface area contributed by atoms with E-state index in [0.717, 1.165) is 28.2 Å². The van der Waals surface area contributed by atoms with Crippen LogP contribution in [0.3, 0.4) is 0 Å². The molecule has 0 aliphatic carbocycles.